The minimum Gasteiger partial charge on any atom is -0.257 e. The Kier molecular flexibility index (Phi) is 3.99. The van der Waals surface area contributed by atoms with E-state index in [4.69, 9.17) is 4.98 Å². The number of allylic oxidation sites excluding steroid dienone is 1. The summed E-state index contributed by atoms with van der Waals surface area (Å²) < 4.78 is 13.4. The molecule has 0 radical (unpaired) electrons. The lowest BCUT2D eigenvalue weighted by Gasteiger charge is -2.24. The van der Waals surface area contributed by atoms with Crippen molar-refractivity contribution in [2.24, 2.45) is 0 Å². The minimum absolute atomic E-state index is 0.173. The van der Waals surface area contributed by atoms with E-state index in [1.165, 1.54) is 59.3 Å². The van der Waals surface area contributed by atoms with Crippen LogP contribution in [0, 0.1) is 5.82 Å². The first kappa shape index (κ1) is 15.6. The lowest BCUT2D eigenvalue weighted by atomic mass is 9.84. The first-order chi connectivity index (χ1) is 11.6. The Balaban J connectivity index is 2.01. The first-order valence-corrected chi connectivity index (χ1v) is 9.10. The molecule has 1 aromatic heterocycles. The second kappa shape index (κ2) is 6.16. The van der Waals surface area contributed by atoms with Crippen LogP contribution in [0.15, 0.2) is 29.8 Å². The lowest BCUT2D eigenvalue weighted by Crippen LogP contribution is -2.11. The molecule has 1 nitrogen and oxygen atoms in total. The standard InChI is InChI=1S/C22H24FN/c1-14(2)13-19-21(15-9-11-17(23)12-10-15)18-5-3-4-6-20(18)24-22(19)16-7-8-16/h9-13,16H,3-8H2,1-2H3. The van der Waals surface area contributed by atoms with E-state index in [1.807, 2.05) is 12.1 Å². The minimum atomic E-state index is -0.173. The van der Waals surface area contributed by atoms with Crippen LogP contribution in [0.4, 0.5) is 4.39 Å². The monoisotopic (exact) mass is 321 g/mol. The van der Waals surface area contributed by atoms with Crippen LogP contribution in [0.1, 0.15) is 68.0 Å². The third-order valence-electron chi connectivity index (χ3n) is 5.07. The molecule has 0 saturated heterocycles. The molecule has 0 amide bonds. The van der Waals surface area contributed by atoms with Crippen LogP contribution in [-0.4, -0.2) is 4.98 Å². The van der Waals surface area contributed by atoms with Crippen molar-refractivity contribution in [1.29, 1.82) is 0 Å². The second-order valence-corrected chi connectivity index (χ2v) is 7.42. The summed E-state index contributed by atoms with van der Waals surface area (Å²) in [6.07, 6.45) is 9.40. The van der Waals surface area contributed by atoms with E-state index < -0.39 is 0 Å². The predicted molar refractivity (Wildman–Crippen MR) is 97.6 cm³/mol. The topological polar surface area (TPSA) is 12.9 Å². The molecule has 0 spiro atoms. The summed E-state index contributed by atoms with van der Waals surface area (Å²) in [5, 5.41) is 0. The molecule has 2 aliphatic carbocycles. The number of rotatable bonds is 3. The fraction of sp³-hybridized carbons (Fsp3) is 0.409. The predicted octanol–water partition coefficient (Wildman–Crippen LogP) is 6.07. The van der Waals surface area contributed by atoms with Gasteiger partial charge in [-0.3, -0.25) is 4.98 Å². The zero-order valence-electron chi connectivity index (χ0n) is 14.5. The average Bonchev–Trinajstić information content (AvgIpc) is 3.40. The number of aromatic nitrogens is 1. The van der Waals surface area contributed by atoms with Gasteiger partial charge in [0.1, 0.15) is 5.82 Å². The van der Waals surface area contributed by atoms with Crippen LogP contribution >= 0.6 is 0 Å². The summed E-state index contributed by atoms with van der Waals surface area (Å²) in [5.41, 5.74) is 8.96. The lowest BCUT2D eigenvalue weighted by molar-refractivity contribution is 0.628. The number of halogens is 1. The number of nitrogens with zero attached hydrogens (tertiary/aromatic N) is 1. The smallest absolute Gasteiger partial charge is 0.123 e. The van der Waals surface area contributed by atoms with Crippen molar-refractivity contribution >= 4 is 6.08 Å². The van der Waals surface area contributed by atoms with Gasteiger partial charge in [-0.05, 0) is 81.2 Å². The van der Waals surface area contributed by atoms with Gasteiger partial charge in [0.15, 0.2) is 0 Å². The Morgan fingerprint density at radius 3 is 2.46 bits per heavy atom. The highest BCUT2D eigenvalue weighted by Crippen LogP contribution is 2.46. The van der Waals surface area contributed by atoms with Crippen molar-refractivity contribution in [2.75, 3.05) is 0 Å². The zero-order chi connectivity index (χ0) is 16.7. The Morgan fingerprint density at radius 1 is 1.08 bits per heavy atom. The average molecular weight is 321 g/mol. The summed E-state index contributed by atoms with van der Waals surface area (Å²) in [6, 6.07) is 7.01. The van der Waals surface area contributed by atoms with Crippen LogP contribution in [0.5, 0.6) is 0 Å². The summed E-state index contributed by atoms with van der Waals surface area (Å²) >= 11 is 0. The highest BCUT2D eigenvalue weighted by atomic mass is 19.1. The molecule has 4 rings (SSSR count). The van der Waals surface area contributed by atoms with Gasteiger partial charge in [-0.15, -0.1) is 0 Å². The van der Waals surface area contributed by atoms with Crippen molar-refractivity contribution in [1.82, 2.24) is 4.98 Å². The molecule has 0 unspecified atom stereocenters. The maximum absolute atomic E-state index is 13.4. The van der Waals surface area contributed by atoms with Gasteiger partial charge in [-0.25, -0.2) is 4.39 Å². The summed E-state index contributed by atoms with van der Waals surface area (Å²) in [6.45, 7) is 4.29. The third-order valence-corrected chi connectivity index (χ3v) is 5.07. The van der Waals surface area contributed by atoms with Gasteiger partial charge in [-0.1, -0.05) is 23.8 Å². The van der Waals surface area contributed by atoms with Gasteiger partial charge < -0.3 is 0 Å². The van der Waals surface area contributed by atoms with Crippen molar-refractivity contribution in [3.63, 3.8) is 0 Å². The first-order valence-electron chi connectivity index (χ1n) is 9.10. The zero-order valence-corrected chi connectivity index (χ0v) is 14.5. The molecule has 0 aliphatic heterocycles. The molecule has 0 N–H and O–H groups in total. The van der Waals surface area contributed by atoms with Crippen LogP contribution in [0.2, 0.25) is 0 Å². The molecule has 24 heavy (non-hydrogen) atoms. The fourth-order valence-electron chi connectivity index (χ4n) is 3.83. The molecule has 1 heterocycles. The van der Waals surface area contributed by atoms with Gasteiger partial charge in [0.05, 0.1) is 5.69 Å². The van der Waals surface area contributed by atoms with E-state index in [-0.39, 0.29) is 5.82 Å². The van der Waals surface area contributed by atoms with Gasteiger partial charge in [0.25, 0.3) is 0 Å². The van der Waals surface area contributed by atoms with Crippen LogP contribution in [0.25, 0.3) is 17.2 Å². The van der Waals surface area contributed by atoms with Crippen molar-refractivity contribution in [2.45, 2.75) is 58.3 Å². The highest BCUT2D eigenvalue weighted by molar-refractivity contribution is 5.81. The van der Waals surface area contributed by atoms with Crippen LogP contribution in [-0.2, 0) is 12.8 Å². The molecule has 0 atom stereocenters. The maximum Gasteiger partial charge on any atom is 0.123 e. The number of aryl methyl sites for hydroxylation is 1. The SMILES string of the molecule is CC(C)=Cc1c(C2CC2)nc2c(c1-c1ccc(F)cc1)CCCC2. The maximum atomic E-state index is 13.4. The second-order valence-electron chi connectivity index (χ2n) is 7.42. The molecule has 1 fully saturated rings. The van der Waals surface area contributed by atoms with Gasteiger partial charge in [0, 0.05) is 17.2 Å². The Bertz CT molecular complexity index is 794. The molecule has 1 saturated carbocycles. The molecule has 2 aromatic rings. The fourth-order valence-corrected chi connectivity index (χ4v) is 3.83. The number of benzene rings is 1. The molecule has 2 heteroatoms. The normalized spacial score (nSPS) is 16.6. The van der Waals surface area contributed by atoms with Crippen molar-refractivity contribution < 1.29 is 4.39 Å². The number of fused-ring (bicyclic) bond motifs is 1. The van der Waals surface area contributed by atoms with E-state index in [9.17, 15) is 4.39 Å². The van der Waals surface area contributed by atoms with E-state index in [0.29, 0.717) is 5.92 Å². The molecular formula is C22H24FN. The Morgan fingerprint density at radius 2 is 1.79 bits per heavy atom. The largest absolute Gasteiger partial charge is 0.257 e. The van der Waals surface area contributed by atoms with E-state index in [0.717, 1.165) is 18.4 Å². The van der Waals surface area contributed by atoms with Gasteiger partial charge in [-0.2, -0.15) is 0 Å². The summed E-state index contributed by atoms with van der Waals surface area (Å²) in [7, 11) is 0. The third kappa shape index (κ3) is 2.90. The molecule has 1 aromatic carbocycles. The Hall–Kier alpha value is -1.96. The van der Waals surface area contributed by atoms with Crippen molar-refractivity contribution in [3.8, 4) is 11.1 Å². The van der Waals surface area contributed by atoms with Crippen molar-refractivity contribution in [3.05, 3.63) is 58.2 Å². The number of hydrogen-bond acceptors (Lipinski definition) is 1. The molecule has 2 aliphatic rings. The van der Waals surface area contributed by atoms with Crippen LogP contribution in [0.3, 0.4) is 0 Å². The molecule has 0 bridgehead atoms. The highest BCUT2D eigenvalue weighted by Gasteiger charge is 2.31. The summed E-state index contributed by atoms with van der Waals surface area (Å²) in [5.74, 6) is 0.440. The van der Waals surface area contributed by atoms with E-state index in [2.05, 4.69) is 19.9 Å². The summed E-state index contributed by atoms with van der Waals surface area (Å²) in [4.78, 5) is 5.11. The van der Waals surface area contributed by atoms with Gasteiger partial charge in [0.2, 0.25) is 0 Å². The van der Waals surface area contributed by atoms with E-state index in [1.54, 1.807) is 12.1 Å². The number of pyridine rings is 1. The quantitative estimate of drug-likeness (QED) is 0.669. The molecule has 124 valence electrons. The van der Waals surface area contributed by atoms with Crippen LogP contribution < -0.4 is 0 Å². The van der Waals surface area contributed by atoms with Gasteiger partial charge >= 0.3 is 0 Å². The molecular weight excluding hydrogens is 297 g/mol. The number of hydrogen-bond donors (Lipinski definition) is 0. The van der Waals surface area contributed by atoms with E-state index >= 15 is 0 Å². The Labute approximate surface area is 143 Å².